The molecule has 0 aromatic rings. The summed E-state index contributed by atoms with van der Waals surface area (Å²) >= 11 is 0. The molecule has 1 unspecified atom stereocenters. The summed E-state index contributed by atoms with van der Waals surface area (Å²) in [5.41, 5.74) is -1.17. The third kappa shape index (κ3) is 3.92. The van der Waals surface area contributed by atoms with Gasteiger partial charge in [0.2, 0.25) is 0 Å². The molecule has 0 aromatic carbocycles. The third-order valence-corrected chi connectivity index (χ3v) is 3.58. The number of carbonyl (C=O) groups excluding carboxylic acids is 3. The van der Waals surface area contributed by atoms with Crippen LogP contribution >= 0.6 is 0 Å². The molecule has 0 aromatic heterocycles. The Morgan fingerprint density at radius 1 is 1.35 bits per heavy atom. The number of hydrogen-bond acceptors (Lipinski definition) is 5. The first kappa shape index (κ1) is 16.4. The second kappa shape index (κ2) is 7.82. The van der Waals surface area contributed by atoms with Gasteiger partial charge in [-0.05, 0) is 26.2 Å². The van der Waals surface area contributed by atoms with Crippen molar-refractivity contribution in [3.05, 3.63) is 12.7 Å². The van der Waals surface area contributed by atoms with Gasteiger partial charge >= 0.3 is 11.9 Å². The number of ether oxygens (including phenoxy) is 2. The van der Waals surface area contributed by atoms with E-state index >= 15 is 0 Å². The van der Waals surface area contributed by atoms with Crippen LogP contribution in [0.5, 0.6) is 0 Å². The number of hydrogen-bond donors (Lipinski definition) is 0. The monoisotopic (exact) mass is 282 g/mol. The number of ketones is 1. The molecule has 0 radical (unpaired) electrons. The highest BCUT2D eigenvalue weighted by atomic mass is 16.5. The van der Waals surface area contributed by atoms with Crippen molar-refractivity contribution in [2.75, 3.05) is 13.2 Å². The molecule has 0 spiro atoms. The SMILES string of the molecule is C=CCOC(=O)C1(CCC(=O)OCC)CCCCC1=O. The summed E-state index contributed by atoms with van der Waals surface area (Å²) in [4.78, 5) is 35.9. The fourth-order valence-electron chi connectivity index (χ4n) is 2.49. The average Bonchev–Trinajstić information content (AvgIpc) is 2.44. The van der Waals surface area contributed by atoms with Crippen LogP contribution in [0, 0.1) is 5.41 Å². The molecule has 5 nitrogen and oxygen atoms in total. The van der Waals surface area contributed by atoms with Crippen molar-refractivity contribution in [3.8, 4) is 0 Å². The summed E-state index contributed by atoms with van der Waals surface area (Å²) in [5, 5.41) is 0. The quantitative estimate of drug-likeness (QED) is 0.406. The Bertz CT molecular complexity index is 388. The van der Waals surface area contributed by atoms with Gasteiger partial charge in [0.1, 0.15) is 17.8 Å². The normalized spacial score (nSPS) is 22.1. The first-order valence-electron chi connectivity index (χ1n) is 7.04. The van der Waals surface area contributed by atoms with Crippen molar-refractivity contribution in [1.29, 1.82) is 0 Å². The van der Waals surface area contributed by atoms with Gasteiger partial charge in [-0.3, -0.25) is 14.4 Å². The van der Waals surface area contributed by atoms with E-state index in [-0.39, 0.29) is 31.2 Å². The van der Waals surface area contributed by atoms with Crippen LogP contribution in [-0.4, -0.2) is 30.9 Å². The summed E-state index contributed by atoms with van der Waals surface area (Å²) < 4.78 is 9.92. The maximum absolute atomic E-state index is 12.2. The Morgan fingerprint density at radius 2 is 2.10 bits per heavy atom. The van der Waals surface area contributed by atoms with E-state index in [2.05, 4.69) is 6.58 Å². The highest BCUT2D eigenvalue weighted by Crippen LogP contribution is 2.39. The third-order valence-electron chi connectivity index (χ3n) is 3.58. The average molecular weight is 282 g/mol. The summed E-state index contributed by atoms with van der Waals surface area (Å²) in [6, 6.07) is 0. The van der Waals surface area contributed by atoms with E-state index in [0.717, 1.165) is 12.8 Å². The Labute approximate surface area is 119 Å². The lowest BCUT2D eigenvalue weighted by atomic mass is 9.70. The molecule has 5 heteroatoms. The Morgan fingerprint density at radius 3 is 2.70 bits per heavy atom. The zero-order chi connectivity index (χ0) is 15.0. The van der Waals surface area contributed by atoms with Crippen LogP contribution in [0.2, 0.25) is 0 Å². The van der Waals surface area contributed by atoms with Crippen LogP contribution < -0.4 is 0 Å². The molecule has 0 saturated heterocycles. The minimum atomic E-state index is -1.17. The second-order valence-corrected chi connectivity index (χ2v) is 4.90. The first-order valence-corrected chi connectivity index (χ1v) is 7.04. The fourth-order valence-corrected chi connectivity index (χ4v) is 2.49. The van der Waals surface area contributed by atoms with E-state index in [1.54, 1.807) is 6.92 Å². The van der Waals surface area contributed by atoms with Gasteiger partial charge < -0.3 is 9.47 Å². The molecule has 1 aliphatic carbocycles. The van der Waals surface area contributed by atoms with Gasteiger partial charge in [0.25, 0.3) is 0 Å². The molecule has 0 bridgehead atoms. The number of esters is 2. The van der Waals surface area contributed by atoms with Crippen LogP contribution in [0.3, 0.4) is 0 Å². The van der Waals surface area contributed by atoms with Gasteiger partial charge in [-0.1, -0.05) is 19.1 Å². The van der Waals surface area contributed by atoms with E-state index in [9.17, 15) is 14.4 Å². The van der Waals surface area contributed by atoms with Gasteiger partial charge in [0.05, 0.1) is 6.61 Å². The molecule has 20 heavy (non-hydrogen) atoms. The van der Waals surface area contributed by atoms with E-state index in [1.807, 2.05) is 0 Å². The van der Waals surface area contributed by atoms with Gasteiger partial charge in [-0.25, -0.2) is 0 Å². The molecule has 0 N–H and O–H groups in total. The molecule has 1 atom stereocenters. The molecular weight excluding hydrogens is 260 g/mol. The van der Waals surface area contributed by atoms with Crippen LogP contribution in [0.25, 0.3) is 0 Å². The van der Waals surface area contributed by atoms with Gasteiger partial charge in [0, 0.05) is 12.8 Å². The molecule has 1 rings (SSSR count). The minimum Gasteiger partial charge on any atom is -0.466 e. The molecule has 0 heterocycles. The lowest BCUT2D eigenvalue weighted by Gasteiger charge is -2.33. The topological polar surface area (TPSA) is 69.7 Å². The molecule has 1 aliphatic rings. The van der Waals surface area contributed by atoms with E-state index < -0.39 is 11.4 Å². The van der Waals surface area contributed by atoms with Crippen LogP contribution in [0.4, 0.5) is 0 Å². The Hall–Kier alpha value is -1.65. The maximum atomic E-state index is 12.2. The number of rotatable bonds is 7. The van der Waals surface area contributed by atoms with Gasteiger partial charge in [-0.2, -0.15) is 0 Å². The standard InChI is InChI=1S/C15H22O5/c1-3-11-20-14(18)15(9-6-5-7-12(15)16)10-8-13(17)19-4-2/h3H,1,4-11H2,2H3. The highest BCUT2D eigenvalue weighted by molar-refractivity contribution is 6.04. The lowest BCUT2D eigenvalue weighted by Crippen LogP contribution is -2.43. The number of carbonyl (C=O) groups is 3. The van der Waals surface area contributed by atoms with Crippen LogP contribution in [0.15, 0.2) is 12.7 Å². The highest BCUT2D eigenvalue weighted by Gasteiger charge is 2.47. The van der Waals surface area contributed by atoms with Crippen molar-refractivity contribution < 1.29 is 23.9 Å². The van der Waals surface area contributed by atoms with Crippen molar-refractivity contribution in [1.82, 2.24) is 0 Å². The predicted molar refractivity (Wildman–Crippen MR) is 72.9 cm³/mol. The summed E-state index contributed by atoms with van der Waals surface area (Å²) in [6.45, 7) is 5.57. The maximum Gasteiger partial charge on any atom is 0.319 e. The molecule has 1 fully saturated rings. The number of Topliss-reactive ketones (excluding diaryl/α,β-unsaturated/α-hetero) is 1. The van der Waals surface area contributed by atoms with E-state index in [1.165, 1.54) is 6.08 Å². The molecule has 112 valence electrons. The van der Waals surface area contributed by atoms with Crippen LogP contribution in [0.1, 0.15) is 45.4 Å². The van der Waals surface area contributed by atoms with Crippen molar-refractivity contribution >= 4 is 17.7 Å². The second-order valence-electron chi connectivity index (χ2n) is 4.90. The fraction of sp³-hybridized carbons (Fsp3) is 0.667. The summed E-state index contributed by atoms with van der Waals surface area (Å²) in [5.74, 6) is -1.05. The zero-order valence-electron chi connectivity index (χ0n) is 12.0. The van der Waals surface area contributed by atoms with Crippen molar-refractivity contribution in [2.24, 2.45) is 5.41 Å². The largest absolute Gasteiger partial charge is 0.466 e. The minimum absolute atomic E-state index is 0.0583. The summed E-state index contributed by atoms with van der Waals surface area (Å²) in [7, 11) is 0. The van der Waals surface area contributed by atoms with E-state index in [4.69, 9.17) is 9.47 Å². The lowest BCUT2D eigenvalue weighted by molar-refractivity contribution is -0.163. The molecular formula is C15H22O5. The zero-order valence-corrected chi connectivity index (χ0v) is 12.0. The first-order chi connectivity index (χ1) is 9.56. The molecule has 0 amide bonds. The molecule has 1 saturated carbocycles. The smallest absolute Gasteiger partial charge is 0.319 e. The Balaban J connectivity index is 2.78. The van der Waals surface area contributed by atoms with E-state index in [0.29, 0.717) is 19.4 Å². The predicted octanol–water partition coefficient (Wildman–Crippen LogP) is 2.19. The van der Waals surface area contributed by atoms with Crippen LogP contribution in [-0.2, 0) is 23.9 Å². The van der Waals surface area contributed by atoms with Crippen molar-refractivity contribution in [3.63, 3.8) is 0 Å². The summed E-state index contributed by atoms with van der Waals surface area (Å²) in [6.07, 6.45) is 4.08. The van der Waals surface area contributed by atoms with Crippen molar-refractivity contribution in [2.45, 2.75) is 45.4 Å². The molecule has 0 aliphatic heterocycles. The Kier molecular flexibility index (Phi) is 6.42. The van der Waals surface area contributed by atoms with Gasteiger partial charge in [-0.15, -0.1) is 0 Å². The van der Waals surface area contributed by atoms with Gasteiger partial charge in [0.15, 0.2) is 0 Å².